The summed E-state index contributed by atoms with van der Waals surface area (Å²) in [4.78, 5) is 0. The molecule has 0 aliphatic rings. The molecule has 0 N–H and O–H groups in total. The van der Waals surface area contributed by atoms with Gasteiger partial charge in [0.15, 0.2) is 0 Å². The van der Waals surface area contributed by atoms with Crippen molar-refractivity contribution in [3.8, 4) is 5.75 Å². The Morgan fingerprint density at radius 2 is 1.63 bits per heavy atom. The third-order valence-electron chi connectivity index (χ3n) is 3.51. The molecule has 0 bridgehead atoms. The van der Waals surface area contributed by atoms with E-state index in [4.69, 9.17) is 4.74 Å². The first-order chi connectivity index (χ1) is 9.27. The number of hydrogen-bond donors (Lipinski definition) is 0. The molecule has 0 heterocycles. The highest BCUT2D eigenvalue weighted by Gasteiger charge is 1.97. The highest BCUT2D eigenvalue weighted by atomic mass is 16.5. The van der Waals surface area contributed by atoms with Gasteiger partial charge in [-0.05, 0) is 43.5 Å². The molecule has 1 aromatic carbocycles. The summed E-state index contributed by atoms with van der Waals surface area (Å²) in [6.07, 6.45) is 9.98. The fraction of sp³-hybridized carbons (Fsp3) is 0.556. The molecule has 0 fully saturated rings. The lowest BCUT2D eigenvalue weighted by Gasteiger charge is -2.07. The Morgan fingerprint density at radius 1 is 1.00 bits per heavy atom. The lowest BCUT2D eigenvalue weighted by atomic mass is 10.1. The van der Waals surface area contributed by atoms with E-state index < -0.39 is 0 Å². The smallest absolute Gasteiger partial charge is 0.119 e. The van der Waals surface area contributed by atoms with E-state index >= 15 is 0 Å². The summed E-state index contributed by atoms with van der Waals surface area (Å²) in [5.41, 5.74) is 2.58. The van der Waals surface area contributed by atoms with Gasteiger partial charge in [0.25, 0.3) is 0 Å². The van der Waals surface area contributed by atoms with E-state index in [1.54, 1.807) is 0 Å². The lowest BCUT2D eigenvalue weighted by molar-refractivity contribution is 0.304. The maximum atomic E-state index is 5.76. The van der Waals surface area contributed by atoms with E-state index in [9.17, 15) is 0 Å². The Labute approximate surface area is 118 Å². The van der Waals surface area contributed by atoms with Gasteiger partial charge in [-0.15, -0.1) is 0 Å². The van der Waals surface area contributed by atoms with E-state index in [1.165, 1.54) is 49.7 Å². The maximum Gasteiger partial charge on any atom is 0.119 e. The number of benzene rings is 1. The van der Waals surface area contributed by atoms with Crippen LogP contribution in [0.3, 0.4) is 0 Å². The van der Waals surface area contributed by atoms with Crippen LogP contribution in [-0.2, 0) is 0 Å². The highest BCUT2D eigenvalue weighted by Crippen LogP contribution is 2.18. The van der Waals surface area contributed by atoms with Crippen LogP contribution in [-0.4, -0.2) is 6.61 Å². The number of rotatable bonds is 9. The zero-order chi connectivity index (χ0) is 13.9. The van der Waals surface area contributed by atoms with Gasteiger partial charge >= 0.3 is 0 Å². The SMILES string of the molecule is C/C=C(\C)c1ccc(OCCCCCCCC)cc1. The van der Waals surface area contributed by atoms with Gasteiger partial charge in [-0.1, -0.05) is 57.2 Å². The van der Waals surface area contributed by atoms with Crippen molar-refractivity contribution < 1.29 is 4.74 Å². The van der Waals surface area contributed by atoms with E-state index in [2.05, 4.69) is 51.1 Å². The van der Waals surface area contributed by atoms with Crippen molar-refractivity contribution >= 4 is 5.57 Å². The topological polar surface area (TPSA) is 9.23 Å². The zero-order valence-corrected chi connectivity index (χ0v) is 12.7. The normalized spacial score (nSPS) is 11.6. The molecule has 0 unspecified atom stereocenters. The summed E-state index contributed by atoms with van der Waals surface area (Å²) in [5.74, 6) is 0.987. The first-order valence-electron chi connectivity index (χ1n) is 7.64. The van der Waals surface area contributed by atoms with Gasteiger partial charge in [-0.25, -0.2) is 0 Å². The van der Waals surface area contributed by atoms with Crippen molar-refractivity contribution in [2.75, 3.05) is 6.61 Å². The summed E-state index contributed by atoms with van der Waals surface area (Å²) in [5, 5.41) is 0. The van der Waals surface area contributed by atoms with Crippen LogP contribution in [0.15, 0.2) is 30.3 Å². The third-order valence-corrected chi connectivity index (χ3v) is 3.51. The lowest BCUT2D eigenvalue weighted by Crippen LogP contribution is -1.97. The molecule has 0 aliphatic carbocycles. The molecule has 1 rings (SSSR count). The van der Waals surface area contributed by atoms with E-state index in [-0.39, 0.29) is 0 Å². The summed E-state index contributed by atoms with van der Waals surface area (Å²) >= 11 is 0. The molecular weight excluding hydrogens is 232 g/mol. The first-order valence-corrected chi connectivity index (χ1v) is 7.64. The molecule has 106 valence electrons. The summed E-state index contributed by atoms with van der Waals surface area (Å²) in [7, 11) is 0. The average molecular weight is 260 g/mol. The van der Waals surface area contributed by atoms with Crippen molar-refractivity contribution in [1.82, 2.24) is 0 Å². The van der Waals surface area contributed by atoms with Crippen molar-refractivity contribution in [3.05, 3.63) is 35.9 Å². The summed E-state index contributed by atoms with van der Waals surface area (Å²) in [6.45, 7) is 7.29. The van der Waals surface area contributed by atoms with Gasteiger partial charge in [-0.2, -0.15) is 0 Å². The van der Waals surface area contributed by atoms with Crippen LogP contribution in [0.1, 0.15) is 64.9 Å². The number of allylic oxidation sites excluding steroid dienone is 2. The Morgan fingerprint density at radius 3 is 2.26 bits per heavy atom. The average Bonchev–Trinajstić information content (AvgIpc) is 2.46. The van der Waals surface area contributed by atoms with Crippen LogP contribution in [0.25, 0.3) is 5.57 Å². The second-order valence-corrected chi connectivity index (χ2v) is 5.11. The molecule has 1 nitrogen and oxygen atoms in total. The fourth-order valence-corrected chi connectivity index (χ4v) is 2.05. The Bertz CT molecular complexity index is 362. The molecule has 0 aromatic heterocycles. The molecule has 0 atom stereocenters. The van der Waals surface area contributed by atoms with Crippen LogP contribution >= 0.6 is 0 Å². The van der Waals surface area contributed by atoms with Crippen molar-refractivity contribution in [1.29, 1.82) is 0 Å². The van der Waals surface area contributed by atoms with Crippen molar-refractivity contribution in [2.45, 2.75) is 59.3 Å². The molecular formula is C18H28O. The van der Waals surface area contributed by atoms with Gasteiger partial charge in [0.05, 0.1) is 6.61 Å². The quantitative estimate of drug-likeness (QED) is 0.506. The van der Waals surface area contributed by atoms with Crippen LogP contribution < -0.4 is 4.74 Å². The van der Waals surface area contributed by atoms with Gasteiger partial charge < -0.3 is 4.74 Å². The van der Waals surface area contributed by atoms with E-state index in [0.717, 1.165) is 12.4 Å². The second-order valence-electron chi connectivity index (χ2n) is 5.11. The van der Waals surface area contributed by atoms with Gasteiger partial charge in [0, 0.05) is 0 Å². The Kier molecular flexibility index (Phi) is 8.04. The van der Waals surface area contributed by atoms with E-state index in [1.807, 2.05) is 0 Å². The molecule has 0 spiro atoms. The predicted octanol–water partition coefficient (Wildman–Crippen LogP) is 5.85. The fourth-order valence-electron chi connectivity index (χ4n) is 2.05. The van der Waals surface area contributed by atoms with Crippen molar-refractivity contribution in [2.24, 2.45) is 0 Å². The predicted molar refractivity (Wildman–Crippen MR) is 84.6 cm³/mol. The highest BCUT2D eigenvalue weighted by molar-refractivity contribution is 5.63. The minimum atomic E-state index is 0.841. The van der Waals surface area contributed by atoms with Gasteiger partial charge in [0.1, 0.15) is 5.75 Å². The van der Waals surface area contributed by atoms with Crippen molar-refractivity contribution in [3.63, 3.8) is 0 Å². The maximum absolute atomic E-state index is 5.76. The monoisotopic (exact) mass is 260 g/mol. The second kappa shape index (κ2) is 9.66. The number of hydrogen-bond acceptors (Lipinski definition) is 1. The molecule has 0 radical (unpaired) electrons. The molecule has 1 aromatic rings. The number of ether oxygens (including phenoxy) is 1. The summed E-state index contributed by atoms with van der Waals surface area (Å²) < 4.78 is 5.76. The minimum absolute atomic E-state index is 0.841. The summed E-state index contributed by atoms with van der Waals surface area (Å²) in [6, 6.07) is 8.40. The number of unbranched alkanes of at least 4 members (excludes halogenated alkanes) is 5. The largest absolute Gasteiger partial charge is 0.494 e. The molecule has 0 saturated heterocycles. The van der Waals surface area contributed by atoms with Gasteiger partial charge in [-0.3, -0.25) is 0 Å². The van der Waals surface area contributed by atoms with Gasteiger partial charge in [0.2, 0.25) is 0 Å². The Balaban J connectivity index is 2.19. The van der Waals surface area contributed by atoms with E-state index in [0.29, 0.717) is 0 Å². The molecule has 0 amide bonds. The van der Waals surface area contributed by atoms with Crippen LogP contribution in [0, 0.1) is 0 Å². The molecule has 1 heteroatoms. The third kappa shape index (κ3) is 6.47. The van der Waals surface area contributed by atoms with Crippen LogP contribution in [0.5, 0.6) is 5.75 Å². The zero-order valence-electron chi connectivity index (χ0n) is 12.7. The molecule has 0 saturated carbocycles. The van der Waals surface area contributed by atoms with Crippen LogP contribution in [0.2, 0.25) is 0 Å². The Hall–Kier alpha value is -1.24. The minimum Gasteiger partial charge on any atom is -0.494 e. The molecule has 0 aliphatic heterocycles. The molecule has 19 heavy (non-hydrogen) atoms. The standard InChI is InChI=1S/C18H28O/c1-4-6-7-8-9-10-15-19-18-13-11-17(12-14-18)16(3)5-2/h5,11-14H,4,6-10,15H2,1-3H3/b16-5+. The van der Waals surface area contributed by atoms with Crippen LogP contribution in [0.4, 0.5) is 0 Å². The first kappa shape index (κ1) is 15.8.